The fourth-order valence-corrected chi connectivity index (χ4v) is 3.69. The highest BCUT2D eigenvalue weighted by Crippen LogP contribution is 2.38. The van der Waals surface area contributed by atoms with Gasteiger partial charge in [-0.2, -0.15) is 0 Å². The van der Waals surface area contributed by atoms with Crippen LogP contribution >= 0.6 is 11.8 Å². The topological polar surface area (TPSA) is 93.8 Å². The summed E-state index contributed by atoms with van der Waals surface area (Å²) in [6, 6.07) is 7.52. The Morgan fingerprint density at radius 1 is 1.28 bits per heavy atom. The minimum Gasteiger partial charge on any atom is -0.279 e. The molecule has 0 atom stereocenters. The number of aromatic nitrogens is 7. The van der Waals surface area contributed by atoms with E-state index in [-0.39, 0.29) is 5.56 Å². The smallest absolute Gasteiger partial charge is 0.262 e. The summed E-state index contributed by atoms with van der Waals surface area (Å²) in [5, 5.41) is 17.1. The second kappa shape index (κ2) is 5.41. The van der Waals surface area contributed by atoms with Gasteiger partial charge in [-0.1, -0.05) is 23.9 Å². The van der Waals surface area contributed by atoms with Gasteiger partial charge in [0.15, 0.2) is 0 Å². The first kappa shape index (κ1) is 14.6. The number of nitrogens with zero attached hydrogens (tertiary/aromatic N) is 6. The second-order valence-corrected chi connectivity index (χ2v) is 7.14. The van der Waals surface area contributed by atoms with Crippen molar-refractivity contribution in [3.8, 4) is 0 Å². The van der Waals surface area contributed by atoms with Gasteiger partial charge >= 0.3 is 0 Å². The van der Waals surface area contributed by atoms with E-state index in [1.165, 1.54) is 29.2 Å². The molecule has 0 amide bonds. The summed E-state index contributed by atoms with van der Waals surface area (Å²) in [7, 11) is 1.72. The van der Waals surface area contributed by atoms with Crippen molar-refractivity contribution >= 4 is 28.4 Å². The van der Waals surface area contributed by atoms with Gasteiger partial charge in [-0.05, 0) is 25.0 Å². The molecule has 1 saturated carbocycles. The summed E-state index contributed by atoms with van der Waals surface area (Å²) in [5.41, 5.74) is 0.743. The number of H-pyrrole nitrogens is 1. The monoisotopic (exact) mass is 353 g/mol. The number of nitrogens with one attached hydrogen (secondary N) is 1. The van der Waals surface area contributed by atoms with E-state index in [0.29, 0.717) is 28.0 Å². The standard InChI is InChI=1S/C16H15N7OS/c1-22-14(24)10-4-2-3-5-11(10)23-12(18-21-16(22)23)8-25-15-17-13(19-20-15)9-6-7-9/h2-5,9H,6-8H2,1H3,(H,17,19,20). The van der Waals surface area contributed by atoms with Crippen LogP contribution in [0.4, 0.5) is 0 Å². The summed E-state index contributed by atoms with van der Waals surface area (Å²) >= 11 is 1.51. The second-order valence-electron chi connectivity index (χ2n) is 6.20. The van der Waals surface area contributed by atoms with Crippen molar-refractivity contribution in [1.82, 2.24) is 34.3 Å². The van der Waals surface area contributed by atoms with Crippen molar-refractivity contribution in [1.29, 1.82) is 0 Å². The van der Waals surface area contributed by atoms with Crippen LogP contribution in [0.2, 0.25) is 0 Å². The van der Waals surface area contributed by atoms with Gasteiger partial charge in [0.05, 0.1) is 16.7 Å². The summed E-state index contributed by atoms with van der Waals surface area (Å²) < 4.78 is 3.46. The first-order valence-corrected chi connectivity index (χ1v) is 9.08. The van der Waals surface area contributed by atoms with Crippen molar-refractivity contribution in [2.75, 3.05) is 0 Å². The predicted octanol–water partition coefficient (Wildman–Crippen LogP) is 1.87. The van der Waals surface area contributed by atoms with Crippen LogP contribution in [-0.2, 0) is 12.8 Å². The van der Waals surface area contributed by atoms with Crippen LogP contribution in [0.15, 0.2) is 34.2 Å². The molecule has 4 aromatic rings. The van der Waals surface area contributed by atoms with Crippen molar-refractivity contribution < 1.29 is 0 Å². The Balaban J connectivity index is 1.55. The summed E-state index contributed by atoms with van der Waals surface area (Å²) in [4.78, 5) is 17.0. The number of hydrogen-bond donors (Lipinski definition) is 1. The third kappa shape index (κ3) is 2.34. The quantitative estimate of drug-likeness (QED) is 0.563. The molecule has 1 aliphatic rings. The lowest BCUT2D eigenvalue weighted by atomic mass is 10.2. The van der Waals surface area contributed by atoms with Crippen molar-refractivity contribution in [3.05, 3.63) is 46.3 Å². The molecule has 3 heterocycles. The highest BCUT2D eigenvalue weighted by Gasteiger charge is 2.27. The molecule has 8 nitrogen and oxygen atoms in total. The highest BCUT2D eigenvalue weighted by molar-refractivity contribution is 7.98. The van der Waals surface area contributed by atoms with Gasteiger partial charge in [0, 0.05) is 13.0 Å². The normalized spacial score (nSPS) is 14.6. The minimum absolute atomic E-state index is 0.0715. The van der Waals surface area contributed by atoms with E-state index in [9.17, 15) is 4.79 Å². The number of hydrogen-bond acceptors (Lipinski definition) is 6. The van der Waals surface area contributed by atoms with Gasteiger partial charge < -0.3 is 0 Å². The first-order chi connectivity index (χ1) is 12.2. The number of aromatic amines is 1. The van der Waals surface area contributed by atoms with E-state index >= 15 is 0 Å². The van der Waals surface area contributed by atoms with Gasteiger partial charge in [0.25, 0.3) is 5.56 Å². The fourth-order valence-electron chi connectivity index (χ4n) is 2.98. The highest BCUT2D eigenvalue weighted by atomic mass is 32.2. The average molecular weight is 353 g/mol. The molecule has 1 N–H and O–H groups in total. The third-order valence-electron chi connectivity index (χ3n) is 4.47. The summed E-state index contributed by atoms with van der Waals surface area (Å²) in [6.07, 6.45) is 2.38. The van der Waals surface area contributed by atoms with Crippen LogP contribution in [0.1, 0.15) is 30.4 Å². The molecule has 5 rings (SSSR count). The zero-order chi connectivity index (χ0) is 17.0. The molecule has 25 heavy (non-hydrogen) atoms. The maximum absolute atomic E-state index is 12.5. The van der Waals surface area contributed by atoms with Gasteiger partial charge in [0.1, 0.15) is 11.6 Å². The zero-order valence-corrected chi connectivity index (χ0v) is 14.3. The van der Waals surface area contributed by atoms with Crippen molar-refractivity contribution in [2.24, 2.45) is 7.05 Å². The maximum atomic E-state index is 12.5. The van der Waals surface area contributed by atoms with E-state index in [1.54, 1.807) is 7.05 Å². The lowest BCUT2D eigenvalue weighted by Crippen LogP contribution is -2.20. The maximum Gasteiger partial charge on any atom is 0.262 e. The molecule has 0 aliphatic heterocycles. The molecule has 0 radical (unpaired) electrons. The molecular weight excluding hydrogens is 338 g/mol. The molecule has 9 heteroatoms. The number of fused-ring (bicyclic) bond motifs is 3. The van der Waals surface area contributed by atoms with Crippen molar-refractivity contribution in [2.45, 2.75) is 29.7 Å². The molecule has 0 saturated heterocycles. The number of para-hydroxylation sites is 1. The Morgan fingerprint density at radius 3 is 2.96 bits per heavy atom. The van der Waals surface area contributed by atoms with E-state index in [0.717, 1.165) is 17.2 Å². The number of aryl methyl sites for hydroxylation is 1. The van der Waals surface area contributed by atoms with Gasteiger partial charge in [-0.25, -0.2) is 4.98 Å². The molecule has 1 fully saturated rings. The molecule has 1 aromatic carbocycles. The third-order valence-corrected chi connectivity index (χ3v) is 5.31. The Kier molecular flexibility index (Phi) is 3.17. The molecule has 126 valence electrons. The van der Waals surface area contributed by atoms with Gasteiger partial charge in [0.2, 0.25) is 10.9 Å². The molecule has 0 unspecified atom stereocenters. The Bertz CT molecular complexity index is 1150. The predicted molar refractivity (Wildman–Crippen MR) is 93.7 cm³/mol. The van der Waals surface area contributed by atoms with E-state index in [4.69, 9.17) is 0 Å². The zero-order valence-electron chi connectivity index (χ0n) is 13.5. The van der Waals surface area contributed by atoms with Crippen LogP contribution in [0.25, 0.3) is 16.7 Å². The number of benzene rings is 1. The van der Waals surface area contributed by atoms with Crippen LogP contribution in [-0.4, -0.2) is 34.3 Å². The van der Waals surface area contributed by atoms with Crippen LogP contribution in [0.5, 0.6) is 0 Å². The Labute approximate surface area is 146 Å². The summed E-state index contributed by atoms with van der Waals surface area (Å²) in [5.74, 6) is 3.40. The first-order valence-electron chi connectivity index (χ1n) is 8.09. The Morgan fingerprint density at radius 2 is 2.12 bits per heavy atom. The molecule has 0 spiro atoms. The minimum atomic E-state index is -0.0715. The van der Waals surface area contributed by atoms with Gasteiger partial charge in [-0.3, -0.25) is 18.9 Å². The average Bonchev–Trinajstić information content (AvgIpc) is 3.22. The number of rotatable bonds is 4. The fraction of sp³-hybridized carbons (Fsp3) is 0.312. The lowest BCUT2D eigenvalue weighted by molar-refractivity contribution is 0.857. The summed E-state index contributed by atoms with van der Waals surface area (Å²) in [6.45, 7) is 0. The van der Waals surface area contributed by atoms with E-state index in [1.807, 2.05) is 28.7 Å². The SMILES string of the molecule is Cn1c(=O)c2ccccc2n2c(CSc3n[nH]c(C4CC4)n3)nnc12. The van der Waals surface area contributed by atoms with Crippen molar-refractivity contribution in [3.63, 3.8) is 0 Å². The van der Waals surface area contributed by atoms with Gasteiger partial charge in [-0.15, -0.1) is 15.3 Å². The molecule has 3 aromatic heterocycles. The van der Waals surface area contributed by atoms with E-state index in [2.05, 4.69) is 25.4 Å². The Hall–Kier alpha value is -2.68. The lowest BCUT2D eigenvalue weighted by Gasteiger charge is -2.07. The molecule has 1 aliphatic carbocycles. The molecule has 0 bridgehead atoms. The van der Waals surface area contributed by atoms with Crippen LogP contribution in [0.3, 0.4) is 0 Å². The largest absolute Gasteiger partial charge is 0.279 e. The van der Waals surface area contributed by atoms with Crippen LogP contribution < -0.4 is 5.56 Å². The molecular formula is C16H15N7OS. The number of thioether (sulfide) groups is 1. The van der Waals surface area contributed by atoms with E-state index < -0.39 is 0 Å². The van der Waals surface area contributed by atoms with Crippen LogP contribution in [0, 0.1) is 0 Å².